The van der Waals surface area contributed by atoms with Crippen LogP contribution < -0.4 is 10.2 Å². The van der Waals surface area contributed by atoms with Gasteiger partial charge >= 0.3 is 0 Å². The molecule has 192 valence electrons. The van der Waals surface area contributed by atoms with E-state index in [0.29, 0.717) is 17.0 Å². The highest BCUT2D eigenvalue weighted by Crippen LogP contribution is 2.53. The first-order valence-corrected chi connectivity index (χ1v) is 13.2. The van der Waals surface area contributed by atoms with E-state index in [1.54, 1.807) is 19.4 Å². The van der Waals surface area contributed by atoms with Gasteiger partial charge in [0.05, 0.1) is 17.4 Å². The standard InChI is InChI=1S/C30H33ClN4O2/c1-18(36)34-26-10-9-22-23-14-20(27(37)13-19-5-7-21(31)8-6-19)15-24(25-11-12-32-17-33-25)28(23)35(29(22)26)16-30(2,3)4/h5-8,11-12,14-15,17,22,26,29H,9-10,13,16H2,1-4H3,(H,34,36). The molecule has 7 heteroatoms. The minimum atomic E-state index is -0.00725. The van der Waals surface area contributed by atoms with Crippen molar-refractivity contribution in [3.63, 3.8) is 0 Å². The summed E-state index contributed by atoms with van der Waals surface area (Å²) in [5, 5.41) is 3.87. The first kappa shape index (κ1) is 25.4. The maximum absolute atomic E-state index is 13.6. The van der Waals surface area contributed by atoms with Crippen molar-refractivity contribution < 1.29 is 9.59 Å². The Bertz CT molecular complexity index is 1320. The lowest BCUT2D eigenvalue weighted by Crippen LogP contribution is -2.50. The number of hydrogen-bond acceptors (Lipinski definition) is 5. The summed E-state index contributed by atoms with van der Waals surface area (Å²) in [6.07, 6.45) is 5.46. The number of halogens is 1. The van der Waals surface area contributed by atoms with Gasteiger partial charge < -0.3 is 10.2 Å². The predicted molar refractivity (Wildman–Crippen MR) is 147 cm³/mol. The molecule has 2 aromatic carbocycles. The van der Waals surface area contributed by atoms with Crippen LogP contribution in [0.4, 0.5) is 5.69 Å². The number of nitrogens with zero attached hydrogens (tertiary/aromatic N) is 3. The molecular weight excluding hydrogens is 484 g/mol. The first-order valence-electron chi connectivity index (χ1n) is 12.9. The van der Waals surface area contributed by atoms with Gasteiger partial charge in [0.2, 0.25) is 5.91 Å². The smallest absolute Gasteiger partial charge is 0.217 e. The Hall–Kier alpha value is -3.25. The zero-order chi connectivity index (χ0) is 26.3. The molecule has 3 atom stereocenters. The molecule has 3 unspecified atom stereocenters. The van der Waals surface area contributed by atoms with Crippen molar-refractivity contribution in [3.8, 4) is 11.3 Å². The SMILES string of the molecule is CC(=O)NC1CCC2c3cc(C(=O)Cc4ccc(Cl)cc4)cc(-c4ccncn4)c3N(CC(C)(C)C)C12. The topological polar surface area (TPSA) is 75.2 Å². The Balaban J connectivity index is 1.63. The molecule has 1 aliphatic heterocycles. The van der Waals surface area contributed by atoms with E-state index in [9.17, 15) is 9.59 Å². The number of ketones is 1. The Morgan fingerprint density at radius 3 is 2.51 bits per heavy atom. The van der Waals surface area contributed by atoms with Crippen LogP contribution in [-0.2, 0) is 11.2 Å². The predicted octanol–water partition coefficient (Wildman–Crippen LogP) is 5.84. The Labute approximate surface area is 223 Å². The summed E-state index contributed by atoms with van der Waals surface area (Å²) in [6.45, 7) is 9.11. The second-order valence-corrected chi connectivity index (χ2v) is 11.9. The number of rotatable bonds is 6. The minimum Gasteiger partial charge on any atom is -0.365 e. The lowest BCUT2D eigenvalue weighted by molar-refractivity contribution is -0.119. The number of amides is 1. The van der Waals surface area contributed by atoms with Crippen molar-refractivity contribution in [1.29, 1.82) is 0 Å². The van der Waals surface area contributed by atoms with Crippen LogP contribution in [0.25, 0.3) is 11.3 Å². The molecule has 3 aromatic rings. The highest BCUT2D eigenvalue weighted by atomic mass is 35.5. The van der Waals surface area contributed by atoms with Crippen molar-refractivity contribution in [2.75, 3.05) is 11.4 Å². The van der Waals surface area contributed by atoms with Gasteiger partial charge in [-0.15, -0.1) is 0 Å². The monoisotopic (exact) mass is 516 g/mol. The molecule has 1 fully saturated rings. The molecule has 1 saturated carbocycles. The van der Waals surface area contributed by atoms with Crippen LogP contribution in [0.3, 0.4) is 0 Å². The average Bonchev–Trinajstić information content (AvgIpc) is 3.38. The highest BCUT2D eigenvalue weighted by Gasteiger charge is 2.49. The molecule has 6 nitrogen and oxygen atoms in total. The van der Waals surface area contributed by atoms with Gasteiger partial charge in [0.25, 0.3) is 0 Å². The van der Waals surface area contributed by atoms with E-state index in [4.69, 9.17) is 11.6 Å². The minimum absolute atomic E-state index is 0.00725. The van der Waals surface area contributed by atoms with Gasteiger partial charge in [0.1, 0.15) is 6.33 Å². The van der Waals surface area contributed by atoms with E-state index >= 15 is 0 Å². The van der Waals surface area contributed by atoms with Crippen LogP contribution in [-0.4, -0.2) is 40.3 Å². The van der Waals surface area contributed by atoms with Crippen molar-refractivity contribution in [1.82, 2.24) is 15.3 Å². The number of carbonyl (C=O) groups is 2. The summed E-state index contributed by atoms with van der Waals surface area (Å²) in [5.74, 6) is 0.285. The zero-order valence-electron chi connectivity index (χ0n) is 21.8. The molecule has 1 aliphatic carbocycles. The van der Waals surface area contributed by atoms with E-state index in [1.807, 2.05) is 36.4 Å². The molecule has 1 aromatic heterocycles. The molecule has 1 N–H and O–H groups in total. The van der Waals surface area contributed by atoms with Crippen LogP contribution in [0, 0.1) is 5.41 Å². The summed E-state index contributed by atoms with van der Waals surface area (Å²) in [7, 11) is 0. The third-order valence-electron chi connectivity index (χ3n) is 7.29. The summed E-state index contributed by atoms with van der Waals surface area (Å²) in [5.41, 5.74) is 5.68. The molecular formula is C30H33ClN4O2. The van der Waals surface area contributed by atoms with Crippen molar-refractivity contribution in [3.05, 3.63) is 76.7 Å². The molecule has 0 bridgehead atoms. The first-order chi connectivity index (χ1) is 17.6. The number of Topliss-reactive ketones (excluding diaryl/α,β-unsaturated/α-hetero) is 1. The fraction of sp³-hybridized carbons (Fsp3) is 0.400. The van der Waals surface area contributed by atoms with Crippen molar-refractivity contribution in [2.24, 2.45) is 5.41 Å². The van der Waals surface area contributed by atoms with E-state index in [-0.39, 0.29) is 35.1 Å². The Kier molecular flexibility index (Phi) is 6.80. The van der Waals surface area contributed by atoms with E-state index in [1.165, 1.54) is 5.56 Å². The Morgan fingerprint density at radius 1 is 1.11 bits per heavy atom. The van der Waals surface area contributed by atoms with E-state index in [0.717, 1.165) is 41.9 Å². The molecule has 2 heterocycles. The van der Waals surface area contributed by atoms with E-state index in [2.05, 4.69) is 47.0 Å². The van der Waals surface area contributed by atoms with Crippen molar-refractivity contribution in [2.45, 2.75) is 65.0 Å². The highest BCUT2D eigenvalue weighted by molar-refractivity contribution is 6.30. The van der Waals surface area contributed by atoms with Crippen LogP contribution in [0.1, 0.15) is 67.9 Å². The fourth-order valence-corrected chi connectivity index (χ4v) is 6.10. The van der Waals surface area contributed by atoms with Gasteiger partial charge in [0.15, 0.2) is 5.78 Å². The molecule has 1 amide bonds. The average molecular weight is 517 g/mol. The van der Waals surface area contributed by atoms with Gasteiger partial charge in [-0.05, 0) is 59.7 Å². The molecule has 0 radical (unpaired) electrons. The van der Waals surface area contributed by atoms with Gasteiger partial charge in [-0.1, -0.05) is 44.5 Å². The second-order valence-electron chi connectivity index (χ2n) is 11.5. The maximum Gasteiger partial charge on any atom is 0.217 e. The van der Waals surface area contributed by atoms with Gasteiger partial charge in [-0.3, -0.25) is 9.59 Å². The number of carbonyl (C=O) groups excluding carboxylic acids is 2. The van der Waals surface area contributed by atoms with Crippen LogP contribution in [0.5, 0.6) is 0 Å². The zero-order valence-corrected chi connectivity index (χ0v) is 22.5. The number of hydrogen-bond donors (Lipinski definition) is 1. The number of benzene rings is 2. The molecule has 0 saturated heterocycles. The van der Waals surface area contributed by atoms with E-state index < -0.39 is 0 Å². The number of aromatic nitrogens is 2. The summed E-state index contributed by atoms with van der Waals surface area (Å²) >= 11 is 6.04. The van der Waals surface area contributed by atoms with Crippen LogP contribution in [0.15, 0.2) is 55.0 Å². The third-order valence-corrected chi connectivity index (χ3v) is 7.54. The lowest BCUT2D eigenvalue weighted by Gasteiger charge is -2.37. The normalized spacial score (nSPS) is 20.5. The van der Waals surface area contributed by atoms with Gasteiger partial charge in [0, 0.05) is 54.2 Å². The maximum atomic E-state index is 13.6. The second kappa shape index (κ2) is 9.90. The molecule has 0 spiro atoms. The number of nitrogens with one attached hydrogen (secondary N) is 1. The van der Waals surface area contributed by atoms with Gasteiger partial charge in [-0.2, -0.15) is 0 Å². The fourth-order valence-electron chi connectivity index (χ4n) is 5.97. The number of fused-ring (bicyclic) bond motifs is 3. The molecule has 2 aliphatic rings. The summed E-state index contributed by atoms with van der Waals surface area (Å²) in [6, 6.07) is 13.6. The largest absolute Gasteiger partial charge is 0.365 e. The molecule has 5 rings (SSSR count). The van der Waals surface area contributed by atoms with Crippen LogP contribution in [0.2, 0.25) is 5.02 Å². The third kappa shape index (κ3) is 5.26. The van der Waals surface area contributed by atoms with Gasteiger partial charge in [-0.25, -0.2) is 9.97 Å². The number of anilines is 1. The summed E-state index contributed by atoms with van der Waals surface area (Å²) < 4.78 is 0. The molecule has 37 heavy (non-hydrogen) atoms. The Morgan fingerprint density at radius 2 is 1.86 bits per heavy atom. The van der Waals surface area contributed by atoms with Crippen LogP contribution >= 0.6 is 11.6 Å². The van der Waals surface area contributed by atoms with Crippen molar-refractivity contribution >= 4 is 29.0 Å². The quantitative estimate of drug-likeness (QED) is 0.416. The summed E-state index contributed by atoms with van der Waals surface area (Å²) in [4.78, 5) is 36.8. The lowest BCUT2D eigenvalue weighted by atomic mass is 9.90.